The van der Waals surface area contributed by atoms with Crippen molar-refractivity contribution in [2.24, 2.45) is 5.41 Å². The number of aromatic nitrogens is 3. The minimum absolute atomic E-state index is 0.0186. The number of hydrogen-bond acceptors (Lipinski definition) is 12. The van der Waals surface area contributed by atoms with Crippen molar-refractivity contribution in [3.05, 3.63) is 76.9 Å². The lowest BCUT2D eigenvalue weighted by molar-refractivity contribution is -0.144. The number of β-amino-alcohol motifs (C(OH)–C–C–N with tert-alkyl or cyclic N) is 1. The molecule has 2 aliphatic rings. The molecule has 6 N–H and O–H groups in total. The van der Waals surface area contributed by atoms with Gasteiger partial charge in [-0.25, -0.2) is 9.78 Å². The number of aryl methyl sites for hydroxylation is 1. The second-order valence-corrected chi connectivity index (χ2v) is 16.4. The van der Waals surface area contributed by atoms with Crippen molar-refractivity contribution < 1.29 is 29.4 Å². The molecule has 2 fully saturated rings. The Labute approximate surface area is 329 Å². The van der Waals surface area contributed by atoms with Gasteiger partial charge in [-0.1, -0.05) is 63.2 Å². The number of nitrogens with one attached hydrogen (secondary N) is 2. The highest BCUT2D eigenvalue weighted by Gasteiger charge is 2.45. The van der Waals surface area contributed by atoms with E-state index in [1.807, 2.05) is 74.2 Å². The van der Waals surface area contributed by atoms with Crippen LogP contribution in [0.4, 0.5) is 11.5 Å². The fourth-order valence-electron chi connectivity index (χ4n) is 7.24. The highest BCUT2D eigenvalue weighted by molar-refractivity contribution is 7.13. The number of aliphatic hydroxyl groups excluding tert-OH is 1. The number of rotatable bonds is 11. The fourth-order valence-corrected chi connectivity index (χ4v) is 8.05. The van der Waals surface area contributed by atoms with E-state index in [1.165, 1.54) is 11.0 Å². The highest BCUT2D eigenvalue weighted by Crippen LogP contribution is 2.31. The topological polar surface area (TPSA) is 207 Å². The van der Waals surface area contributed by atoms with Crippen LogP contribution in [0.2, 0.25) is 0 Å². The van der Waals surface area contributed by atoms with E-state index < -0.39 is 35.5 Å². The number of benzene rings is 2. The maximum atomic E-state index is 14.2. The molecule has 4 aromatic rings. The Morgan fingerprint density at radius 2 is 1.70 bits per heavy atom. The van der Waals surface area contributed by atoms with Crippen LogP contribution in [0.1, 0.15) is 61.8 Å². The summed E-state index contributed by atoms with van der Waals surface area (Å²) < 4.78 is 0. The maximum Gasteiger partial charge on any atom is 0.336 e. The van der Waals surface area contributed by atoms with Gasteiger partial charge in [0.05, 0.1) is 51.7 Å². The molecule has 16 heteroatoms. The Morgan fingerprint density at radius 1 is 1.00 bits per heavy atom. The zero-order valence-corrected chi connectivity index (χ0v) is 33.0. The van der Waals surface area contributed by atoms with Crippen molar-refractivity contribution >= 4 is 46.5 Å². The van der Waals surface area contributed by atoms with Crippen LogP contribution >= 0.6 is 11.3 Å². The summed E-state index contributed by atoms with van der Waals surface area (Å²) in [7, 11) is 0. The summed E-state index contributed by atoms with van der Waals surface area (Å²) in [5.41, 5.74) is 11.8. The molecule has 0 saturated carbocycles. The number of anilines is 2. The number of aromatic carboxylic acids is 1. The smallest absolute Gasteiger partial charge is 0.336 e. The quantitative estimate of drug-likeness (QED) is 0.149. The van der Waals surface area contributed by atoms with Gasteiger partial charge in [0.2, 0.25) is 17.7 Å². The fraction of sp³-hybridized carbons (Fsp3) is 0.425. The molecule has 2 aromatic heterocycles. The molecule has 0 aliphatic carbocycles. The van der Waals surface area contributed by atoms with E-state index in [4.69, 9.17) is 5.73 Å². The number of amides is 3. The molecule has 0 radical (unpaired) electrons. The van der Waals surface area contributed by atoms with Crippen molar-refractivity contribution in [2.75, 3.05) is 49.9 Å². The summed E-state index contributed by atoms with van der Waals surface area (Å²) in [4.78, 5) is 64.0. The van der Waals surface area contributed by atoms with Crippen LogP contribution < -0.4 is 21.3 Å². The van der Waals surface area contributed by atoms with Gasteiger partial charge in [0.15, 0.2) is 5.82 Å². The number of hydrogen-bond donors (Lipinski definition) is 5. The number of likely N-dealkylation sites (tertiary alicyclic amines) is 1. The predicted molar refractivity (Wildman–Crippen MR) is 214 cm³/mol. The monoisotopic (exact) mass is 783 g/mol. The van der Waals surface area contributed by atoms with Crippen LogP contribution in [-0.4, -0.2) is 116 Å². The molecule has 15 nitrogen and oxygen atoms in total. The lowest BCUT2D eigenvalue weighted by Crippen LogP contribution is -2.59. The number of carboxylic acid groups (broad SMARTS) is 1. The van der Waals surface area contributed by atoms with E-state index in [-0.39, 0.29) is 48.7 Å². The van der Waals surface area contributed by atoms with Gasteiger partial charge in [-0.05, 0) is 42.5 Å². The molecule has 56 heavy (non-hydrogen) atoms. The molecule has 6 rings (SSSR count). The lowest BCUT2D eigenvalue weighted by Gasteiger charge is -2.38. The summed E-state index contributed by atoms with van der Waals surface area (Å²) in [6.07, 6.45) is -0.791. The van der Waals surface area contributed by atoms with Gasteiger partial charge < -0.3 is 36.4 Å². The summed E-state index contributed by atoms with van der Waals surface area (Å²) in [6, 6.07) is 14.0. The van der Waals surface area contributed by atoms with Crippen molar-refractivity contribution in [1.29, 1.82) is 0 Å². The molecular formula is C40H49N9O6S. The van der Waals surface area contributed by atoms with Crippen LogP contribution in [0.15, 0.2) is 60.1 Å². The van der Waals surface area contributed by atoms with E-state index in [0.717, 1.165) is 21.7 Å². The van der Waals surface area contributed by atoms with Gasteiger partial charge in [0.25, 0.3) is 0 Å². The van der Waals surface area contributed by atoms with Crippen molar-refractivity contribution in [1.82, 2.24) is 35.6 Å². The Morgan fingerprint density at radius 3 is 2.34 bits per heavy atom. The number of nitrogens with zero attached hydrogens (tertiary/aromatic N) is 6. The summed E-state index contributed by atoms with van der Waals surface area (Å²) >= 11 is 1.57. The molecular weight excluding hydrogens is 735 g/mol. The number of nitrogen functional groups attached to an aromatic ring is 1. The first-order valence-corrected chi connectivity index (χ1v) is 19.5. The van der Waals surface area contributed by atoms with E-state index in [0.29, 0.717) is 43.1 Å². The normalized spacial score (nSPS) is 18.7. The Bertz CT molecular complexity index is 2080. The summed E-state index contributed by atoms with van der Waals surface area (Å²) in [5.74, 6) is -1.99. The number of carbonyl (C=O) groups is 4. The molecule has 4 atom stereocenters. The van der Waals surface area contributed by atoms with Crippen LogP contribution in [0.3, 0.4) is 0 Å². The van der Waals surface area contributed by atoms with Crippen molar-refractivity contribution in [2.45, 2.75) is 65.3 Å². The van der Waals surface area contributed by atoms with Gasteiger partial charge in [0.1, 0.15) is 12.1 Å². The Balaban J connectivity index is 1.06. The highest BCUT2D eigenvalue weighted by atomic mass is 32.1. The van der Waals surface area contributed by atoms with E-state index in [9.17, 15) is 29.4 Å². The van der Waals surface area contributed by atoms with Crippen LogP contribution in [-0.2, 0) is 14.4 Å². The van der Waals surface area contributed by atoms with Crippen LogP contribution in [0, 0.1) is 12.3 Å². The first kappa shape index (κ1) is 40.2. The minimum atomic E-state index is -1.07. The standard InChI is InChI=1S/C40H49N9O6S/c1-23(25-10-12-26(13-11-25)34-24(2)42-22-56-34)43-37(52)32-18-27(50)20-49(32)38(53)35(40(3,4)5)44-33(51)21-47-14-16-48(17-15-47)31-19-30(45-46-36(31)41)28-8-6-7-9-29(28)39(54)55/h6-13,19,22-23,27,32,35,50H,14-18,20-21H2,1-5H3,(H2,41,46)(H,43,52)(H,44,51)(H,54,55)/t23-,27+,32-,35+/m0/s1. The average molecular weight is 784 g/mol. The first-order chi connectivity index (χ1) is 26.6. The third-order valence-electron chi connectivity index (χ3n) is 10.4. The van der Waals surface area contributed by atoms with Gasteiger partial charge in [-0.2, -0.15) is 0 Å². The zero-order chi connectivity index (χ0) is 40.3. The molecule has 2 aliphatic heterocycles. The molecule has 0 spiro atoms. The van der Waals surface area contributed by atoms with E-state index >= 15 is 0 Å². The minimum Gasteiger partial charge on any atom is -0.478 e. The van der Waals surface area contributed by atoms with Crippen molar-refractivity contribution in [3.63, 3.8) is 0 Å². The van der Waals surface area contributed by atoms with Crippen LogP contribution in [0.25, 0.3) is 21.7 Å². The third-order valence-corrected chi connectivity index (χ3v) is 11.4. The molecule has 4 heterocycles. The summed E-state index contributed by atoms with van der Waals surface area (Å²) in [6.45, 7) is 11.5. The van der Waals surface area contributed by atoms with Gasteiger partial charge in [0, 0.05) is 44.7 Å². The molecule has 3 amide bonds. The van der Waals surface area contributed by atoms with Gasteiger partial charge in [-0.3, -0.25) is 19.3 Å². The number of piperazine rings is 1. The Kier molecular flexibility index (Phi) is 12.0. The predicted octanol–water partition coefficient (Wildman–Crippen LogP) is 3.35. The number of carboxylic acids is 1. The lowest BCUT2D eigenvalue weighted by atomic mass is 9.85. The molecule has 0 unspecified atom stereocenters. The zero-order valence-electron chi connectivity index (χ0n) is 32.2. The molecule has 2 saturated heterocycles. The SMILES string of the molecule is Cc1ncsc1-c1ccc([C@H](C)NC(=O)[C@@H]2C[C@@H](O)CN2C(=O)[C@@H](NC(=O)CN2CCN(c3cc(-c4ccccc4C(=O)O)nnc3N)CC2)C(C)(C)C)cc1. The second kappa shape index (κ2) is 16.7. The Hall–Kier alpha value is -5.45. The number of aliphatic hydroxyl groups is 1. The van der Waals surface area contributed by atoms with Crippen LogP contribution in [0.5, 0.6) is 0 Å². The third kappa shape index (κ3) is 8.98. The average Bonchev–Trinajstić information content (AvgIpc) is 3.79. The summed E-state index contributed by atoms with van der Waals surface area (Å²) in [5, 5.41) is 34.5. The largest absolute Gasteiger partial charge is 0.478 e. The second-order valence-electron chi connectivity index (χ2n) is 15.5. The molecule has 2 aromatic carbocycles. The number of thiazole rings is 1. The number of carbonyl (C=O) groups excluding carboxylic acids is 3. The molecule has 0 bridgehead atoms. The maximum absolute atomic E-state index is 14.2. The number of nitrogens with two attached hydrogens (primary N) is 1. The van der Waals surface area contributed by atoms with Gasteiger partial charge >= 0.3 is 5.97 Å². The van der Waals surface area contributed by atoms with E-state index in [1.54, 1.807) is 35.6 Å². The van der Waals surface area contributed by atoms with Crippen molar-refractivity contribution in [3.8, 4) is 21.7 Å². The first-order valence-electron chi connectivity index (χ1n) is 18.6. The van der Waals surface area contributed by atoms with E-state index in [2.05, 4.69) is 25.8 Å². The van der Waals surface area contributed by atoms with Gasteiger partial charge in [-0.15, -0.1) is 21.5 Å². The molecule has 296 valence electrons.